The second-order valence-corrected chi connectivity index (χ2v) is 6.35. The van der Waals surface area contributed by atoms with Gasteiger partial charge < -0.3 is 10.6 Å². The first-order chi connectivity index (χ1) is 9.49. The van der Waals surface area contributed by atoms with Gasteiger partial charge in [0.1, 0.15) is 4.90 Å². The highest BCUT2D eigenvalue weighted by Gasteiger charge is 2.13. The third kappa shape index (κ3) is 5.44. The van der Waals surface area contributed by atoms with Crippen LogP contribution >= 0.6 is 0 Å². The van der Waals surface area contributed by atoms with Crippen LogP contribution in [0.15, 0.2) is 23.4 Å². The molecular weight excluding hydrogens is 276 g/mol. The van der Waals surface area contributed by atoms with Crippen LogP contribution in [0.2, 0.25) is 0 Å². The van der Waals surface area contributed by atoms with Crippen LogP contribution in [0, 0.1) is 0 Å². The minimum Gasteiger partial charge on any atom is -0.397 e. The van der Waals surface area contributed by atoms with E-state index in [1.807, 2.05) is 0 Å². The molecule has 0 bridgehead atoms. The standard InChI is InChI=1S/C13H24N4O2S/c1-3-17(4-2)8-6-5-7-16-20(18,19)13-9-12(14)10-15-11-13/h9-11,16H,3-8,14H2,1-2H3. The number of nitrogens with one attached hydrogen (secondary N) is 1. The number of sulfonamides is 1. The van der Waals surface area contributed by atoms with Crippen LogP contribution in [0.1, 0.15) is 26.7 Å². The molecule has 0 aliphatic heterocycles. The van der Waals surface area contributed by atoms with Gasteiger partial charge in [-0.05, 0) is 38.5 Å². The van der Waals surface area contributed by atoms with E-state index in [-0.39, 0.29) is 4.90 Å². The Morgan fingerprint density at radius 1 is 1.25 bits per heavy atom. The molecule has 1 aromatic rings. The summed E-state index contributed by atoms with van der Waals surface area (Å²) in [5.41, 5.74) is 5.88. The van der Waals surface area contributed by atoms with Crippen molar-refractivity contribution in [1.82, 2.24) is 14.6 Å². The molecule has 0 radical (unpaired) electrons. The van der Waals surface area contributed by atoms with Gasteiger partial charge in [0.2, 0.25) is 10.0 Å². The molecule has 1 aromatic heterocycles. The minimum atomic E-state index is -3.50. The molecule has 0 atom stereocenters. The third-order valence-corrected chi connectivity index (χ3v) is 4.56. The van der Waals surface area contributed by atoms with Crippen molar-refractivity contribution in [3.8, 4) is 0 Å². The maximum Gasteiger partial charge on any atom is 0.242 e. The Kier molecular flexibility index (Phi) is 6.90. The van der Waals surface area contributed by atoms with Crippen molar-refractivity contribution in [2.75, 3.05) is 31.9 Å². The van der Waals surface area contributed by atoms with E-state index >= 15 is 0 Å². The summed E-state index contributed by atoms with van der Waals surface area (Å²) in [6.45, 7) is 7.72. The molecule has 0 saturated heterocycles. The van der Waals surface area contributed by atoms with Gasteiger partial charge in [-0.2, -0.15) is 0 Å². The second kappa shape index (κ2) is 8.18. The Morgan fingerprint density at radius 3 is 2.55 bits per heavy atom. The molecule has 0 aliphatic carbocycles. The highest BCUT2D eigenvalue weighted by Crippen LogP contribution is 2.10. The van der Waals surface area contributed by atoms with Crippen LogP contribution in [-0.4, -0.2) is 44.5 Å². The normalized spacial score (nSPS) is 11.9. The summed E-state index contributed by atoms with van der Waals surface area (Å²) in [6, 6.07) is 1.41. The van der Waals surface area contributed by atoms with Gasteiger partial charge in [0.05, 0.1) is 5.69 Å². The maximum atomic E-state index is 12.0. The third-order valence-electron chi connectivity index (χ3n) is 3.13. The van der Waals surface area contributed by atoms with Crippen molar-refractivity contribution < 1.29 is 8.42 Å². The summed E-state index contributed by atoms with van der Waals surface area (Å²) < 4.78 is 26.5. The smallest absolute Gasteiger partial charge is 0.242 e. The summed E-state index contributed by atoms with van der Waals surface area (Å²) in [7, 11) is -3.50. The number of nitrogen functional groups attached to an aromatic ring is 1. The molecule has 0 fully saturated rings. The molecule has 114 valence electrons. The predicted molar refractivity (Wildman–Crippen MR) is 80.9 cm³/mol. The summed E-state index contributed by atoms with van der Waals surface area (Å²) in [5, 5.41) is 0. The van der Waals surface area contributed by atoms with E-state index in [1.165, 1.54) is 18.5 Å². The van der Waals surface area contributed by atoms with E-state index < -0.39 is 10.0 Å². The monoisotopic (exact) mass is 300 g/mol. The first kappa shape index (κ1) is 16.9. The van der Waals surface area contributed by atoms with Crippen LogP contribution in [0.5, 0.6) is 0 Å². The quantitative estimate of drug-likeness (QED) is 0.666. The highest BCUT2D eigenvalue weighted by atomic mass is 32.2. The predicted octanol–water partition coefficient (Wildman–Crippen LogP) is 1.06. The van der Waals surface area contributed by atoms with E-state index in [2.05, 4.69) is 28.5 Å². The lowest BCUT2D eigenvalue weighted by molar-refractivity contribution is 0.297. The summed E-state index contributed by atoms with van der Waals surface area (Å²) >= 11 is 0. The second-order valence-electron chi connectivity index (χ2n) is 4.59. The zero-order valence-corrected chi connectivity index (χ0v) is 13.0. The molecule has 1 heterocycles. The molecule has 0 saturated carbocycles. The number of anilines is 1. The van der Waals surface area contributed by atoms with Crippen molar-refractivity contribution in [1.29, 1.82) is 0 Å². The van der Waals surface area contributed by atoms with Crippen molar-refractivity contribution in [2.24, 2.45) is 0 Å². The number of pyridine rings is 1. The van der Waals surface area contributed by atoms with Crippen molar-refractivity contribution in [3.63, 3.8) is 0 Å². The molecule has 0 amide bonds. The average molecular weight is 300 g/mol. The maximum absolute atomic E-state index is 12.0. The Labute approximate surface area is 121 Å². The number of hydrogen-bond acceptors (Lipinski definition) is 5. The Hall–Kier alpha value is -1.18. The molecule has 0 spiro atoms. The van der Waals surface area contributed by atoms with Gasteiger partial charge in [-0.1, -0.05) is 13.8 Å². The van der Waals surface area contributed by atoms with Crippen LogP contribution in [0.3, 0.4) is 0 Å². The molecule has 0 aliphatic rings. The minimum absolute atomic E-state index is 0.112. The largest absolute Gasteiger partial charge is 0.397 e. The Morgan fingerprint density at radius 2 is 1.95 bits per heavy atom. The lowest BCUT2D eigenvalue weighted by Crippen LogP contribution is -2.27. The number of hydrogen-bond donors (Lipinski definition) is 2. The lowest BCUT2D eigenvalue weighted by atomic mass is 10.3. The lowest BCUT2D eigenvalue weighted by Gasteiger charge is -2.17. The van der Waals surface area contributed by atoms with Crippen molar-refractivity contribution in [3.05, 3.63) is 18.5 Å². The number of nitrogens with two attached hydrogens (primary N) is 1. The first-order valence-corrected chi connectivity index (χ1v) is 8.40. The van der Waals surface area contributed by atoms with E-state index in [1.54, 1.807) is 0 Å². The van der Waals surface area contributed by atoms with Crippen LogP contribution in [0.25, 0.3) is 0 Å². The van der Waals surface area contributed by atoms with Gasteiger partial charge in [-0.15, -0.1) is 0 Å². The summed E-state index contributed by atoms with van der Waals surface area (Å²) in [6.07, 6.45) is 4.50. The van der Waals surface area contributed by atoms with Gasteiger partial charge in [0.15, 0.2) is 0 Å². The van der Waals surface area contributed by atoms with E-state index in [4.69, 9.17) is 5.73 Å². The van der Waals surface area contributed by atoms with Crippen LogP contribution in [-0.2, 0) is 10.0 Å². The fraction of sp³-hybridized carbons (Fsp3) is 0.615. The zero-order chi connectivity index (χ0) is 15.0. The molecule has 6 nitrogen and oxygen atoms in total. The molecule has 1 rings (SSSR count). The number of unbranched alkanes of at least 4 members (excludes halogenated alkanes) is 1. The molecule has 3 N–H and O–H groups in total. The van der Waals surface area contributed by atoms with E-state index in [0.717, 1.165) is 32.5 Å². The molecule has 7 heteroatoms. The van der Waals surface area contributed by atoms with Gasteiger partial charge in [0.25, 0.3) is 0 Å². The Balaban J connectivity index is 2.38. The summed E-state index contributed by atoms with van der Waals surface area (Å²) in [5.74, 6) is 0. The topological polar surface area (TPSA) is 88.3 Å². The molecule has 20 heavy (non-hydrogen) atoms. The van der Waals surface area contributed by atoms with Gasteiger partial charge >= 0.3 is 0 Å². The number of rotatable bonds is 9. The van der Waals surface area contributed by atoms with E-state index in [0.29, 0.717) is 12.2 Å². The first-order valence-electron chi connectivity index (χ1n) is 6.92. The van der Waals surface area contributed by atoms with Crippen LogP contribution in [0.4, 0.5) is 5.69 Å². The van der Waals surface area contributed by atoms with Crippen molar-refractivity contribution >= 4 is 15.7 Å². The number of aromatic nitrogens is 1. The summed E-state index contributed by atoms with van der Waals surface area (Å²) in [4.78, 5) is 6.22. The molecular formula is C13H24N4O2S. The van der Waals surface area contributed by atoms with Gasteiger partial charge in [0, 0.05) is 18.9 Å². The van der Waals surface area contributed by atoms with Crippen molar-refractivity contribution in [2.45, 2.75) is 31.6 Å². The zero-order valence-electron chi connectivity index (χ0n) is 12.2. The fourth-order valence-corrected chi connectivity index (χ4v) is 2.94. The van der Waals surface area contributed by atoms with Crippen LogP contribution < -0.4 is 10.5 Å². The van der Waals surface area contributed by atoms with Gasteiger partial charge in [-0.3, -0.25) is 4.98 Å². The average Bonchev–Trinajstić information content (AvgIpc) is 2.43. The fourth-order valence-electron chi connectivity index (χ4n) is 1.87. The van der Waals surface area contributed by atoms with E-state index in [9.17, 15) is 8.42 Å². The molecule has 0 aromatic carbocycles. The number of nitrogens with zero attached hydrogens (tertiary/aromatic N) is 2. The van der Waals surface area contributed by atoms with Gasteiger partial charge in [-0.25, -0.2) is 13.1 Å². The molecule has 0 unspecified atom stereocenters. The Bertz CT molecular complexity index is 501. The highest BCUT2D eigenvalue weighted by molar-refractivity contribution is 7.89. The SMILES string of the molecule is CCN(CC)CCCCNS(=O)(=O)c1cncc(N)c1.